The van der Waals surface area contributed by atoms with Gasteiger partial charge in [-0.3, -0.25) is 14.4 Å². The zero-order valence-electron chi connectivity index (χ0n) is 28.6. The Hall–Kier alpha value is -2.83. The van der Waals surface area contributed by atoms with Gasteiger partial charge in [-0.2, -0.15) is 0 Å². The molecule has 1 saturated heterocycles. The fourth-order valence-corrected chi connectivity index (χ4v) is 8.45. The van der Waals surface area contributed by atoms with Crippen molar-refractivity contribution in [3.05, 3.63) is 70.3 Å². The van der Waals surface area contributed by atoms with Gasteiger partial charge in [0, 0.05) is 53.3 Å². The molecule has 0 bridgehead atoms. The first-order valence-electron chi connectivity index (χ1n) is 17.7. The van der Waals surface area contributed by atoms with Gasteiger partial charge in [-0.05, 0) is 106 Å². The Balaban J connectivity index is 1.30. The van der Waals surface area contributed by atoms with Crippen molar-refractivity contribution in [2.75, 3.05) is 57.4 Å². The summed E-state index contributed by atoms with van der Waals surface area (Å²) in [5.74, 6) is 8.78. The Kier molecular flexibility index (Phi) is 11.5. The molecule has 0 radical (unpaired) electrons. The number of ether oxygens (including phenoxy) is 2. The Morgan fingerprint density at radius 3 is 2.77 bits per heavy atom. The predicted octanol–water partition coefficient (Wildman–Crippen LogP) is 6.56. The van der Waals surface area contributed by atoms with Crippen molar-refractivity contribution in [2.45, 2.75) is 70.0 Å². The van der Waals surface area contributed by atoms with Gasteiger partial charge in [-0.1, -0.05) is 48.6 Å². The minimum absolute atomic E-state index is 0.170. The molecule has 7 nitrogen and oxygen atoms in total. The highest BCUT2D eigenvalue weighted by Crippen LogP contribution is 2.47. The second-order valence-electron chi connectivity index (χ2n) is 14.1. The standard InChI is InChI=1S/C39H50ClN3O4S/c1-4-5-8-29(10-7-18-42-19-21-46-22-20-42)34-14-11-32(34)25-43-26-39(17-6-9-30-23-33(40)13-15-35(30)39)27-47-37-16-12-31(24-36(37)43)38(44)41-48(45)28(2)3/h5,8,12-13,15-16,23-24,28-29,32,34H,4,6,9,11,14,17-22,25-27H2,1-3H3,(H,41,44)/b8-5+/t29?,32?,34?,39-,48?/m0/s1. The average molecular weight is 692 g/mol. The van der Waals surface area contributed by atoms with Crippen LogP contribution in [0.4, 0.5) is 5.69 Å². The van der Waals surface area contributed by atoms with Gasteiger partial charge in [0.05, 0.1) is 32.1 Å². The van der Waals surface area contributed by atoms with Gasteiger partial charge >= 0.3 is 0 Å². The van der Waals surface area contributed by atoms with E-state index in [9.17, 15) is 9.00 Å². The SMILES string of the molecule is CC/C=C/C(C#CCN1CCOCC1)C1CCC1CN1C[C@@]2(CCCc3cc(Cl)ccc32)COc2ccc(C(=O)NS(=O)C(C)C)cc21. The number of hydrogen-bond donors (Lipinski definition) is 1. The molecule has 2 aliphatic heterocycles. The molecular formula is C39H50ClN3O4S. The first-order valence-corrected chi connectivity index (χ1v) is 19.3. The van der Waals surface area contributed by atoms with Gasteiger partial charge in [0.2, 0.25) is 0 Å². The van der Waals surface area contributed by atoms with Crippen molar-refractivity contribution in [1.82, 2.24) is 9.62 Å². The first-order chi connectivity index (χ1) is 23.3. The van der Waals surface area contributed by atoms with Crippen molar-refractivity contribution < 1.29 is 18.5 Å². The number of nitrogens with one attached hydrogen (secondary N) is 1. The Morgan fingerprint density at radius 2 is 2.02 bits per heavy atom. The number of rotatable bonds is 9. The molecule has 0 aromatic heterocycles. The smallest absolute Gasteiger partial charge is 0.263 e. The number of aryl methyl sites for hydroxylation is 1. The van der Waals surface area contributed by atoms with Crippen molar-refractivity contribution in [3.8, 4) is 17.6 Å². The van der Waals surface area contributed by atoms with Crippen LogP contribution in [0.5, 0.6) is 5.75 Å². The molecule has 6 rings (SSSR count). The predicted molar refractivity (Wildman–Crippen MR) is 195 cm³/mol. The van der Waals surface area contributed by atoms with Crippen LogP contribution in [0.15, 0.2) is 48.6 Å². The molecule has 1 amide bonds. The second kappa shape index (κ2) is 15.8. The van der Waals surface area contributed by atoms with E-state index < -0.39 is 11.0 Å². The Bertz CT molecular complexity index is 1580. The quantitative estimate of drug-likeness (QED) is 0.237. The van der Waals surface area contributed by atoms with Gasteiger partial charge in [-0.15, -0.1) is 0 Å². The van der Waals surface area contributed by atoms with Crippen LogP contribution in [0, 0.1) is 29.6 Å². The highest BCUT2D eigenvalue weighted by atomic mass is 35.5. The van der Waals surface area contributed by atoms with E-state index in [1.54, 1.807) is 6.07 Å². The molecule has 9 heteroatoms. The number of carbonyl (C=O) groups excluding carboxylic acids is 1. The lowest BCUT2D eigenvalue weighted by atomic mass is 9.66. The van der Waals surface area contributed by atoms with Crippen molar-refractivity contribution in [1.29, 1.82) is 0 Å². The van der Waals surface area contributed by atoms with Gasteiger partial charge in [0.1, 0.15) is 16.7 Å². The molecular weight excluding hydrogens is 642 g/mol. The third-order valence-electron chi connectivity index (χ3n) is 10.6. The molecule has 48 heavy (non-hydrogen) atoms. The lowest BCUT2D eigenvalue weighted by Gasteiger charge is -2.45. The maximum absolute atomic E-state index is 13.3. The molecule has 1 saturated carbocycles. The van der Waals surface area contributed by atoms with E-state index in [-0.39, 0.29) is 22.5 Å². The minimum atomic E-state index is -1.46. The monoisotopic (exact) mass is 691 g/mol. The van der Waals surface area contributed by atoms with Gasteiger partial charge < -0.3 is 14.4 Å². The number of benzene rings is 2. The van der Waals surface area contributed by atoms with E-state index in [2.05, 4.69) is 57.6 Å². The summed E-state index contributed by atoms with van der Waals surface area (Å²) in [5, 5.41) is 0.602. The molecule has 258 valence electrons. The number of halogens is 1. The van der Waals surface area contributed by atoms with Gasteiger partial charge in [0.25, 0.3) is 5.91 Å². The average Bonchev–Trinajstić information content (AvgIpc) is 3.22. The summed E-state index contributed by atoms with van der Waals surface area (Å²) in [4.78, 5) is 18.1. The molecule has 2 aromatic carbocycles. The van der Waals surface area contributed by atoms with Crippen molar-refractivity contribution in [3.63, 3.8) is 0 Å². The van der Waals surface area contributed by atoms with E-state index in [0.29, 0.717) is 24.0 Å². The number of allylic oxidation sites excluding steroid dienone is 2. The summed E-state index contributed by atoms with van der Waals surface area (Å²) >= 11 is 6.47. The number of carbonyl (C=O) groups is 1. The summed E-state index contributed by atoms with van der Waals surface area (Å²) in [6, 6.07) is 12.0. The lowest BCUT2D eigenvalue weighted by molar-refractivity contribution is 0.0443. The molecule has 4 unspecified atom stereocenters. The van der Waals surface area contributed by atoms with Crippen LogP contribution in [0.1, 0.15) is 74.4 Å². The molecule has 5 atom stereocenters. The number of morpholine rings is 1. The van der Waals surface area contributed by atoms with Crippen LogP contribution in [0.25, 0.3) is 0 Å². The van der Waals surface area contributed by atoms with E-state index >= 15 is 0 Å². The first kappa shape index (κ1) is 35.0. The maximum Gasteiger partial charge on any atom is 0.263 e. The topological polar surface area (TPSA) is 71.1 Å². The third kappa shape index (κ3) is 7.97. The second-order valence-corrected chi connectivity index (χ2v) is 16.3. The minimum Gasteiger partial charge on any atom is -0.490 e. The summed E-state index contributed by atoms with van der Waals surface area (Å²) < 4.78 is 27.4. The molecule has 1 spiro atoms. The number of nitrogens with zero attached hydrogens (tertiary/aromatic N) is 2. The zero-order valence-corrected chi connectivity index (χ0v) is 30.2. The highest BCUT2D eigenvalue weighted by molar-refractivity contribution is 7.84. The number of fused-ring (bicyclic) bond motifs is 3. The third-order valence-corrected chi connectivity index (χ3v) is 12.0. The van der Waals surface area contributed by atoms with Crippen molar-refractivity contribution in [2.24, 2.45) is 17.8 Å². The summed E-state index contributed by atoms with van der Waals surface area (Å²) in [6.07, 6.45) is 11.0. The normalized spacial score (nSPS) is 25.2. The van der Waals surface area contributed by atoms with Gasteiger partial charge in [0.15, 0.2) is 0 Å². The molecule has 1 N–H and O–H groups in total. The van der Waals surface area contributed by atoms with Crippen LogP contribution in [0.2, 0.25) is 5.02 Å². The fraction of sp³-hybridized carbons (Fsp3) is 0.564. The Morgan fingerprint density at radius 1 is 1.19 bits per heavy atom. The molecule has 2 aromatic rings. The van der Waals surface area contributed by atoms with E-state index in [1.165, 1.54) is 11.1 Å². The van der Waals surface area contributed by atoms with Crippen LogP contribution < -0.4 is 14.4 Å². The largest absolute Gasteiger partial charge is 0.490 e. The molecule has 2 fully saturated rings. The van der Waals surface area contributed by atoms with Gasteiger partial charge in [-0.25, -0.2) is 4.21 Å². The van der Waals surface area contributed by atoms with Crippen LogP contribution in [-0.4, -0.2) is 72.8 Å². The lowest BCUT2D eigenvalue weighted by Crippen LogP contribution is -2.49. The highest BCUT2D eigenvalue weighted by Gasteiger charge is 2.44. The van der Waals surface area contributed by atoms with Crippen LogP contribution in [0.3, 0.4) is 0 Å². The molecule has 4 aliphatic rings. The number of amides is 1. The number of anilines is 1. The zero-order chi connectivity index (χ0) is 33.7. The van der Waals surface area contributed by atoms with E-state index in [0.717, 1.165) is 101 Å². The molecule has 2 heterocycles. The van der Waals surface area contributed by atoms with Crippen LogP contribution in [-0.2, 0) is 27.6 Å². The maximum atomic E-state index is 13.3. The van der Waals surface area contributed by atoms with E-state index in [1.807, 2.05) is 32.0 Å². The Labute approximate surface area is 294 Å². The summed E-state index contributed by atoms with van der Waals surface area (Å²) in [7, 11) is -1.46. The van der Waals surface area contributed by atoms with Crippen molar-refractivity contribution >= 4 is 34.2 Å². The molecule has 2 aliphatic carbocycles. The van der Waals surface area contributed by atoms with E-state index in [4.69, 9.17) is 21.1 Å². The fourth-order valence-electron chi connectivity index (χ4n) is 7.72. The summed E-state index contributed by atoms with van der Waals surface area (Å²) in [5.41, 5.74) is 3.86. The number of hydrogen-bond acceptors (Lipinski definition) is 6. The van der Waals surface area contributed by atoms with Crippen LogP contribution >= 0.6 is 11.6 Å². The summed E-state index contributed by atoms with van der Waals surface area (Å²) in [6.45, 7) is 12.3.